The number of rotatable bonds is 2. The second-order valence-corrected chi connectivity index (χ2v) is 2.96. The summed E-state index contributed by atoms with van der Waals surface area (Å²) in [7, 11) is 0. The molecule has 1 amide bonds. The fourth-order valence-electron chi connectivity index (χ4n) is 1.21. The Morgan fingerprint density at radius 1 is 1.60 bits per heavy atom. The van der Waals surface area contributed by atoms with E-state index in [9.17, 15) is 4.79 Å². The summed E-state index contributed by atoms with van der Waals surface area (Å²) in [5, 5.41) is 15.4. The van der Waals surface area contributed by atoms with E-state index in [4.69, 9.17) is 9.78 Å². The van der Waals surface area contributed by atoms with Crippen LogP contribution in [0.2, 0.25) is 0 Å². The largest absolute Gasteiger partial charge is 0.356 e. The third-order valence-electron chi connectivity index (χ3n) is 1.88. The molecule has 0 aliphatic carbocycles. The van der Waals surface area contributed by atoms with Gasteiger partial charge in [0.1, 0.15) is 6.42 Å². The fourth-order valence-corrected chi connectivity index (χ4v) is 1.21. The molecule has 0 radical (unpaired) electrons. The molecule has 0 bridgehead atoms. The van der Waals surface area contributed by atoms with Gasteiger partial charge in [-0.15, -0.1) is 0 Å². The van der Waals surface area contributed by atoms with Gasteiger partial charge in [-0.3, -0.25) is 4.79 Å². The molecule has 0 fully saturated rings. The van der Waals surface area contributed by atoms with E-state index in [-0.39, 0.29) is 12.3 Å². The Bertz CT molecular complexity index is 539. The molecule has 5 nitrogen and oxygen atoms in total. The summed E-state index contributed by atoms with van der Waals surface area (Å²) in [4.78, 5) is 11.1. The number of benzene rings is 1. The van der Waals surface area contributed by atoms with Gasteiger partial charge in [-0.2, -0.15) is 5.26 Å². The minimum atomic E-state index is -0.337. The van der Waals surface area contributed by atoms with Crippen LogP contribution < -0.4 is 5.32 Å². The molecule has 0 atom stereocenters. The summed E-state index contributed by atoms with van der Waals surface area (Å²) in [5.41, 5.74) is 1.20. The molecule has 1 heterocycles. The number of carbonyl (C=O) groups is 1. The highest BCUT2D eigenvalue weighted by Gasteiger charge is 2.03. The summed E-state index contributed by atoms with van der Waals surface area (Å²) >= 11 is 0. The summed E-state index contributed by atoms with van der Waals surface area (Å²) in [6.45, 7) is 0. The maximum absolute atomic E-state index is 11.1. The van der Waals surface area contributed by atoms with E-state index in [0.29, 0.717) is 11.3 Å². The lowest BCUT2D eigenvalue weighted by Crippen LogP contribution is -2.09. The molecule has 74 valence electrons. The van der Waals surface area contributed by atoms with E-state index in [1.165, 1.54) is 0 Å². The van der Waals surface area contributed by atoms with Crippen molar-refractivity contribution in [2.45, 2.75) is 6.42 Å². The Hall–Kier alpha value is -2.35. The molecule has 0 spiro atoms. The molecular weight excluding hydrogens is 194 g/mol. The molecule has 0 aliphatic rings. The van der Waals surface area contributed by atoms with Crippen molar-refractivity contribution < 1.29 is 9.32 Å². The first-order valence-electron chi connectivity index (χ1n) is 4.31. The van der Waals surface area contributed by atoms with E-state index in [1.807, 2.05) is 0 Å². The molecule has 0 saturated carbocycles. The molecule has 15 heavy (non-hydrogen) atoms. The number of hydrogen-bond acceptors (Lipinski definition) is 4. The molecule has 1 aromatic carbocycles. The van der Waals surface area contributed by atoms with Crippen LogP contribution >= 0.6 is 0 Å². The Morgan fingerprint density at radius 2 is 2.47 bits per heavy atom. The van der Waals surface area contributed by atoms with Gasteiger partial charge >= 0.3 is 0 Å². The van der Waals surface area contributed by atoms with Crippen LogP contribution in [0.15, 0.2) is 28.9 Å². The van der Waals surface area contributed by atoms with E-state index in [1.54, 1.807) is 30.5 Å². The van der Waals surface area contributed by atoms with Crippen LogP contribution in [0.5, 0.6) is 0 Å². The maximum Gasteiger partial charge on any atom is 0.238 e. The first-order valence-corrected chi connectivity index (χ1v) is 4.31. The Labute approximate surface area is 85.3 Å². The SMILES string of the molecule is N#CCC(=O)Nc1ccc2cnoc2c1. The monoisotopic (exact) mass is 201 g/mol. The Balaban J connectivity index is 2.22. The second kappa shape index (κ2) is 3.80. The van der Waals surface area contributed by atoms with E-state index < -0.39 is 0 Å². The first kappa shape index (κ1) is 9.21. The van der Waals surface area contributed by atoms with Crippen molar-refractivity contribution in [1.82, 2.24) is 5.16 Å². The second-order valence-electron chi connectivity index (χ2n) is 2.96. The first-order chi connectivity index (χ1) is 7.29. The Kier molecular flexibility index (Phi) is 2.33. The van der Waals surface area contributed by atoms with Crippen LogP contribution in [0.25, 0.3) is 11.0 Å². The number of anilines is 1. The maximum atomic E-state index is 11.1. The lowest BCUT2D eigenvalue weighted by atomic mass is 10.2. The quantitative estimate of drug-likeness (QED) is 0.801. The van der Waals surface area contributed by atoms with E-state index in [2.05, 4.69) is 10.5 Å². The van der Waals surface area contributed by atoms with E-state index >= 15 is 0 Å². The minimum absolute atomic E-state index is 0.158. The van der Waals surface area contributed by atoms with Crippen molar-refractivity contribution >= 4 is 22.6 Å². The lowest BCUT2D eigenvalue weighted by molar-refractivity contribution is -0.115. The van der Waals surface area contributed by atoms with Gasteiger partial charge in [0.15, 0.2) is 5.58 Å². The molecular formula is C10H7N3O2. The van der Waals surface area contributed by atoms with Crippen LogP contribution in [-0.4, -0.2) is 11.1 Å². The molecule has 0 unspecified atom stereocenters. The zero-order valence-electron chi connectivity index (χ0n) is 7.73. The highest BCUT2D eigenvalue weighted by atomic mass is 16.5. The van der Waals surface area contributed by atoms with Crippen molar-refractivity contribution in [2.24, 2.45) is 0 Å². The summed E-state index contributed by atoms with van der Waals surface area (Å²) < 4.78 is 4.93. The standard InChI is InChI=1S/C10H7N3O2/c11-4-3-10(14)13-8-2-1-7-6-12-15-9(7)5-8/h1-2,5-6H,3H2,(H,13,14). The molecule has 2 rings (SSSR count). The number of nitrogens with zero attached hydrogens (tertiary/aromatic N) is 2. The number of hydrogen-bond donors (Lipinski definition) is 1. The van der Waals surface area contributed by atoms with Crippen LogP contribution in [0.1, 0.15) is 6.42 Å². The number of amides is 1. The zero-order chi connectivity index (χ0) is 10.7. The van der Waals surface area contributed by atoms with Gasteiger partial charge in [0.25, 0.3) is 0 Å². The van der Waals surface area contributed by atoms with Crippen molar-refractivity contribution in [1.29, 1.82) is 5.26 Å². The Morgan fingerprint density at radius 3 is 3.27 bits per heavy atom. The highest BCUT2D eigenvalue weighted by Crippen LogP contribution is 2.18. The van der Waals surface area contributed by atoms with Crippen molar-refractivity contribution in [2.75, 3.05) is 5.32 Å². The average Bonchev–Trinajstić information content (AvgIpc) is 2.65. The lowest BCUT2D eigenvalue weighted by Gasteiger charge is -2.00. The smallest absolute Gasteiger partial charge is 0.238 e. The van der Waals surface area contributed by atoms with Crippen molar-refractivity contribution in [3.8, 4) is 6.07 Å². The number of carbonyl (C=O) groups excluding carboxylic acids is 1. The average molecular weight is 201 g/mol. The third-order valence-corrected chi connectivity index (χ3v) is 1.88. The number of nitrogens with one attached hydrogen (secondary N) is 1. The van der Waals surface area contributed by atoms with Gasteiger partial charge in [0, 0.05) is 17.1 Å². The predicted octanol–water partition coefficient (Wildman–Crippen LogP) is 1.68. The van der Waals surface area contributed by atoms with Gasteiger partial charge in [-0.1, -0.05) is 5.16 Å². The fraction of sp³-hybridized carbons (Fsp3) is 0.100. The normalized spacial score (nSPS) is 9.80. The predicted molar refractivity (Wildman–Crippen MR) is 52.9 cm³/mol. The molecule has 5 heteroatoms. The van der Waals surface area contributed by atoms with Crippen LogP contribution in [0.4, 0.5) is 5.69 Å². The highest BCUT2D eigenvalue weighted by molar-refractivity contribution is 5.94. The van der Waals surface area contributed by atoms with E-state index in [0.717, 1.165) is 5.39 Å². The molecule has 1 aromatic heterocycles. The topological polar surface area (TPSA) is 78.9 Å². The minimum Gasteiger partial charge on any atom is -0.356 e. The van der Waals surface area contributed by atoms with Crippen LogP contribution in [-0.2, 0) is 4.79 Å². The van der Waals surface area contributed by atoms with Gasteiger partial charge in [-0.25, -0.2) is 0 Å². The number of aromatic nitrogens is 1. The van der Waals surface area contributed by atoms with Crippen LogP contribution in [0.3, 0.4) is 0 Å². The molecule has 1 N–H and O–H groups in total. The van der Waals surface area contributed by atoms with Crippen LogP contribution in [0, 0.1) is 11.3 Å². The van der Waals surface area contributed by atoms with Gasteiger partial charge in [0.2, 0.25) is 5.91 Å². The number of nitriles is 1. The zero-order valence-corrected chi connectivity index (χ0v) is 7.73. The summed E-state index contributed by atoms with van der Waals surface area (Å²) in [6.07, 6.45) is 1.44. The van der Waals surface area contributed by atoms with Gasteiger partial charge < -0.3 is 9.84 Å². The summed E-state index contributed by atoms with van der Waals surface area (Å²) in [6, 6.07) is 6.95. The summed E-state index contributed by atoms with van der Waals surface area (Å²) in [5.74, 6) is -0.337. The molecule has 2 aromatic rings. The number of fused-ring (bicyclic) bond motifs is 1. The third kappa shape index (κ3) is 1.94. The molecule has 0 saturated heterocycles. The van der Waals surface area contributed by atoms with Crippen molar-refractivity contribution in [3.63, 3.8) is 0 Å². The molecule has 0 aliphatic heterocycles. The van der Waals surface area contributed by atoms with Gasteiger partial charge in [0.05, 0.1) is 12.3 Å². The van der Waals surface area contributed by atoms with Crippen molar-refractivity contribution in [3.05, 3.63) is 24.4 Å². The van der Waals surface area contributed by atoms with Gasteiger partial charge in [-0.05, 0) is 12.1 Å².